The maximum atomic E-state index is 4.24. The van der Waals surface area contributed by atoms with Gasteiger partial charge >= 0.3 is 0 Å². The Balaban J connectivity index is 0.000000704. The van der Waals surface area contributed by atoms with Gasteiger partial charge in [-0.25, -0.2) is 0 Å². The minimum Gasteiger partial charge on any atom is -0.344 e. The van der Waals surface area contributed by atoms with E-state index >= 15 is 0 Å². The first-order valence-corrected chi connectivity index (χ1v) is 7.93. The molecular weight excluding hydrogens is 246 g/mol. The van der Waals surface area contributed by atoms with E-state index in [2.05, 4.69) is 40.6 Å². The zero-order chi connectivity index (χ0) is 14.5. The molecule has 0 bridgehead atoms. The zero-order valence-electron chi connectivity index (χ0n) is 13.3. The van der Waals surface area contributed by atoms with E-state index in [1.165, 1.54) is 48.9 Å². The lowest BCUT2D eigenvalue weighted by Crippen LogP contribution is -2.34. The molecule has 1 fully saturated rings. The molecule has 0 atom stereocenters. The third-order valence-electron chi connectivity index (χ3n) is 4.23. The van der Waals surface area contributed by atoms with Gasteiger partial charge in [-0.15, -0.1) is 0 Å². The summed E-state index contributed by atoms with van der Waals surface area (Å²) in [6, 6.07) is 2.81. The van der Waals surface area contributed by atoms with Crippen molar-refractivity contribution in [1.82, 2.24) is 14.5 Å². The van der Waals surface area contributed by atoms with Gasteiger partial charge in [0.15, 0.2) is 0 Å². The van der Waals surface area contributed by atoms with Crippen LogP contribution in [0.25, 0.3) is 10.9 Å². The van der Waals surface area contributed by atoms with Crippen molar-refractivity contribution in [3.05, 3.63) is 30.2 Å². The van der Waals surface area contributed by atoms with Crippen LogP contribution in [0.4, 0.5) is 0 Å². The molecule has 0 aromatic carbocycles. The highest BCUT2D eigenvalue weighted by Crippen LogP contribution is 2.29. The molecule has 1 aliphatic heterocycles. The molecule has 1 saturated heterocycles. The summed E-state index contributed by atoms with van der Waals surface area (Å²) in [6.45, 7) is 12.1. The monoisotopic (exact) mass is 273 g/mol. The average Bonchev–Trinajstić information content (AvgIpc) is 2.87. The van der Waals surface area contributed by atoms with Crippen LogP contribution in [0, 0.1) is 6.92 Å². The van der Waals surface area contributed by atoms with Gasteiger partial charge in [0.1, 0.15) is 0 Å². The molecule has 3 heteroatoms. The number of hydrogen-bond donors (Lipinski definition) is 0. The number of likely N-dealkylation sites (tertiary alicyclic amines) is 1. The summed E-state index contributed by atoms with van der Waals surface area (Å²) in [7, 11) is 0. The van der Waals surface area contributed by atoms with Gasteiger partial charge in [0.25, 0.3) is 0 Å². The van der Waals surface area contributed by atoms with Gasteiger partial charge in [0, 0.05) is 43.1 Å². The molecule has 0 N–H and O–H groups in total. The van der Waals surface area contributed by atoms with Crippen molar-refractivity contribution in [2.75, 3.05) is 19.6 Å². The quantitative estimate of drug-likeness (QED) is 0.824. The van der Waals surface area contributed by atoms with Crippen LogP contribution in [0.2, 0.25) is 0 Å². The normalized spacial score (nSPS) is 17.0. The Morgan fingerprint density at radius 3 is 2.60 bits per heavy atom. The van der Waals surface area contributed by atoms with Gasteiger partial charge in [0.2, 0.25) is 0 Å². The standard InChI is InChI=1S/C15H21N3.C2H6/c1-3-17-8-5-13(6-9-17)18-11-12(2)14-10-16-7-4-15(14)18;1-2/h4,7,10-11,13H,3,5-6,8-9H2,1-2H3;1-2H3. The Bertz CT molecular complexity index is 536. The van der Waals surface area contributed by atoms with Crippen molar-refractivity contribution in [2.45, 2.75) is 46.6 Å². The number of hydrogen-bond acceptors (Lipinski definition) is 2. The van der Waals surface area contributed by atoms with Crippen molar-refractivity contribution in [2.24, 2.45) is 0 Å². The third kappa shape index (κ3) is 2.88. The van der Waals surface area contributed by atoms with Gasteiger partial charge in [-0.1, -0.05) is 20.8 Å². The lowest BCUT2D eigenvalue weighted by molar-refractivity contribution is 0.197. The zero-order valence-corrected chi connectivity index (χ0v) is 13.3. The Morgan fingerprint density at radius 2 is 1.95 bits per heavy atom. The smallest absolute Gasteiger partial charge is 0.0516 e. The first kappa shape index (κ1) is 15.0. The molecule has 0 amide bonds. The van der Waals surface area contributed by atoms with Crippen molar-refractivity contribution in [3.63, 3.8) is 0 Å². The molecule has 0 unspecified atom stereocenters. The average molecular weight is 273 g/mol. The Hall–Kier alpha value is -1.35. The lowest BCUT2D eigenvalue weighted by Gasteiger charge is -2.32. The Morgan fingerprint density at radius 1 is 1.25 bits per heavy atom. The van der Waals surface area contributed by atoms with E-state index in [0.717, 1.165) is 0 Å². The summed E-state index contributed by atoms with van der Waals surface area (Å²) in [5.74, 6) is 0. The fourth-order valence-electron chi connectivity index (χ4n) is 3.08. The molecule has 2 aromatic rings. The largest absolute Gasteiger partial charge is 0.344 e. The summed E-state index contributed by atoms with van der Waals surface area (Å²) in [6.07, 6.45) is 8.72. The second kappa shape index (κ2) is 6.89. The summed E-state index contributed by atoms with van der Waals surface area (Å²) in [5.41, 5.74) is 2.69. The first-order chi connectivity index (χ1) is 9.79. The molecule has 0 spiro atoms. The Labute approximate surface area is 122 Å². The fraction of sp³-hybridized carbons (Fsp3) is 0.588. The van der Waals surface area contributed by atoms with Crippen LogP contribution in [0.5, 0.6) is 0 Å². The lowest BCUT2D eigenvalue weighted by atomic mass is 10.0. The molecular formula is C17H27N3. The second-order valence-electron chi connectivity index (χ2n) is 5.28. The Kier molecular flexibility index (Phi) is 5.18. The van der Waals surface area contributed by atoms with Gasteiger partial charge in [-0.05, 0) is 37.9 Å². The number of piperidine rings is 1. The predicted molar refractivity (Wildman–Crippen MR) is 86.2 cm³/mol. The van der Waals surface area contributed by atoms with Crippen molar-refractivity contribution in [3.8, 4) is 0 Å². The van der Waals surface area contributed by atoms with E-state index in [4.69, 9.17) is 0 Å². The summed E-state index contributed by atoms with van der Waals surface area (Å²) in [4.78, 5) is 6.77. The van der Waals surface area contributed by atoms with Crippen LogP contribution in [-0.4, -0.2) is 34.1 Å². The molecule has 0 aliphatic carbocycles. The number of aromatic nitrogens is 2. The van der Waals surface area contributed by atoms with Gasteiger partial charge in [-0.3, -0.25) is 4.98 Å². The summed E-state index contributed by atoms with van der Waals surface area (Å²) >= 11 is 0. The van der Waals surface area contributed by atoms with E-state index in [9.17, 15) is 0 Å². The first-order valence-electron chi connectivity index (χ1n) is 7.93. The number of fused-ring (bicyclic) bond motifs is 1. The maximum Gasteiger partial charge on any atom is 0.0516 e. The van der Waals surface area contributed by atoms with Crippen LogP contribution in [0.1, 0.15) is 45.2 Å². The van der Waals surface area contributed by atoms with Crippen LogP contribution in [0.3, 0.4) is 0 Å². The third-order valence-corrected chi connectivity index (χ3v) is 4.23. The second-order valence-corrected chi connectivity index (χ2v) is 5.28. The molecule has 110 valence electrons. The summed E-state index contributed by atoms with van der Waals surface area (Å²) in [5, 5.41) is 1.30. The van der Waals surface area contributed by atoms with Crippen LogP contribution in [-0.2, 0) is 0 Å². The van der Waals surface area contributed by atoms with Crippen LogP contribution < -0.4 is 0 Å². The van der Waals surface area contributed by atoms with Gasteiger partial charge in [-0.2, -0.15) is 0 Å². The molecule has 3 heterocycles. The highest BCUT2D eigenvalue weighted by atomic mass is 15.1. The molecule has 0 saturated carbocycles. The molecule has 3 rings (SSSR count). The number of pyridine rings is 1. The molecule has 3 nitrogen and oxygen atoms in total. The van der Waals surface area contributed by atoms with Crippen LogP contribution in [0.15, 0.2) is 24.7 Å². The molecule has 0 radical (unpaired) electrons. The highest BCUT2D eigenvalue weighted by molar-refractivity contribution is 5.82. The minimum absolute atomic E-state index is 0.659. The molecule has 2 aromatic heterocycles. The van der Waals surface area contributed by atoms with E-state index in [1.807, 2.05) is 26.2 Å². The minimum atomic E-state index is 0.659. The van der Waals surface area contributed by atoms with Crippen molar-refractivity contribution >= 4 is 10.9 Å². The number of rotatable bonds is 2. The maximum absolute atomic E-state index is 4.24. The number of nitrogens with zero attached hydrogens (tertiary/aromatic N) is 3. The van der Waals surface area contributed by atoms with Crippen molar-refractivity contribution in [1.29, 1.82) is 0 Å². The van der Waals surface area contributed by atoms with E-state index in [0.29, 0.717) is 6.04 Å². The van der Waals surface area contributed by atoms with E-state index in [-0.39, 0.29) is 0 Å². The topological polar surface area (TPSA) is 21.1 Å². The van der Waals surface area contributed by atoms with Crippen molar-refractivity contribution < 1.29 is 0 Å². The predicted octanol–water partition coefficient (Wildman–Crippen LogP) is 4.03. The molecule has 1 aliphatic rings. The van der Waals surface area contributed by atoms with E-state index < -0.39 is 0 Å². The summed E-state index contributed by atoms with van der Waals surface area (Å²) < 4.78 is 2.47. The SMILES string of the molecule is CC.CCN1CCC(n2cc(C)c3cnccc32)CC1. The van der Waals surface area contributed by atoms with Gasteiger partial charge < -0.3 is 9.47 Å². The van der Waals surface area contributed by atoms with Crippen LogP contribution >= 0.6 is 0 Å². The highest BCUT2D eigenvalue weighted by Gasteiger charge is 2.20. The van der Waals surface area contributed by atoms with Gasteiger partial charge in [0.05, 0.1) is 5.52 Å². The number of aryl methyl sites for hydroxylation is 1. The molecule has 20 heavy (non-hydrogen) atoms. The fourth-order valence-corrected chi connectivity index (χ4v) is 3.08. The van der Waals surface area contributed by atoms with E-state index in [1.54, 1.807) is 0 Å².